The summed E-state index contributed by atoms with van der Waals surface area (Å²) in [6.07, 6.45) is 0. The highest BCUT2D eigenvalue weighted by Crippen LogP contribution is 2.44. The van der Waals surface area contributed by atoms with E-state index in [1.165, 1.54) is 10.8 Å². The summed E-state index contributed by atoms with van der Waals surface area (Å²) in [6.45, 7) is 7.40. The van der Waals surface area contributed by atoms with Gasteiger partial charge in [0, 0.05) is 33.3 Å². The van der Waals surface area contributed by atoms with E-state index in [1.807, 2.05) is 48.5 Å². The molecule has 0 amide bonds. The van der Waals surface area contributed by atoms with E-state index in [9.17, 15) is 0 Å². The first-order chi connectivity index (χ1) is 19.3. The summed E-state index contributed by atoms with van der Waals surface area (Å²) in [6, 6.07) is 40.9. The minimum Gasteiger partial charge on any atom is -0.456 e. The minimum atomic E-state index is 0.597. The van der Waals surface area contributed by atoms with Gasteiger partial charge in [-0.3, -0.25) is 0 Å². The zero-order valence-corrected chi connectivity index (χ0v) is 20.8. The van der Waals surface area contributed by atoms with Crippen LogP contribution in [0.3, 0.4) is 0 Å². The predicted octanol–water partition coefficient (Wildman–Crippen LogP) is 10.7. The van der Waals surface area contributed by atoms with E-state index in [4.69, 9.17) is 15.4 Å². The molecule has 4 heteroatoms. The van der Waals surface area contributed by atoms with Gasteiger partial charge in [-0.25, -0.2) is 4.85 Å². The Kier molecular flexibility index (Phi) is 4.55. The van der Waals surface area contributed by atoms with E-state index in [0.717, 1.165) is 60.9 Å². The molecule has 8 rings (SSSR count). The molecule has 2 aromatic heterocycles. The van der Waals surface area contributed by atoms with Gasteiger partial charge < -0.3 is 13.7 Å². The number of benzene rings is 6. The first-order valence-corrected chi connectivity index (χ1v) is 12.8. The van der Waals surface area contributed by atoms with Crippen molar-refractivity contribution < 1.29 is 8.83 Å². The summed E-state index contributed by atoms with van der Waals surface area (Å²) in [7, 11) is 0. The molecule has 0 bridgehead atoms. The number of furan rings is 2. The molecule has 0 unspecified atom stereocenters. The highest BCUT2D eigenvalue weighted by atomic mass is 16.3. The van der Waals surface area contributed by atoms with Crippen LogP contribution in [0.2, 0.25) is 0 Å². The molecule has 39 heavy (non-hydrogen) atoms. The lowest BCUT2D eigenvalue weighted by Gasteiger charge is -2.25. The highest BCUT2D eigenvalue weighted by molar-refractivity contribution is 6.19. The van der Waals surface area contributed by atoms with Crippen LogP contribution in [0.1, 0.15) is 0 Å². The topological polar surface area (TPSA) is 33.9 Å². The van der Waals surface area contributed by atoms with Gasteiger partial charge in [-0.2, -0.15) is 0 Å². The van der Waals surface area contributed by atoms with Gasteiger partial charge in [0.15, 0.2) is 11.3 Å². The molecule has 0 N–H and O–H groups in total. The fourth-order valence-electron chi connectivity index (χ4n) is 5.69. The van der Waals surface area contributed by atoms with Crippen molar-refractivity contribution in [3.05, 3.63) is 133 Å². The quantitative estimate of drug-likeness (QED) is 0.226. The summed E-state index contributed by atoms with van der Waals surface area (Å²) >= 11 is 0. The molecule has 0 aliphatic heterocycles. The van der Waals surface area contributed by atoms with E-state index in [2.05, 4.69) is 82.5 Å². The van der Waals surface area contributed by atoms with Gasteiger partial charge in [0.1, 0.15) is 16.7 Å². The van der Waals surface area contributed by atoms with Crippen molar-refractivity contribution in [2.45, 2.75) is 0 Å². The van der Waals surface area contributed by atoms with Gasteiger partial charge in [0.25, 0.3) is 0 Å². The average Bonchev–Trinajstić information content (AvgIpc) is 3.56. The second-order valence-electron chi connectivity index (χ2n) is 9.66. The molecular weight excluding hydrogens is 480 g/mol. The Morgan fingerprint density at radius 3 is 2.18 bits per heavy atom. The van der Waals surface area contributed by atoms with Crippen LogP contribution in [0.5, 0.6) is 0 Å². The summed E-state index contributed by atoms with van der Waals surface area (Å²) in [5.41, 5.74) is 6.73. The van der Waals surface area contributed by atoms with E-state index < -0.39 is 0 Å². The molecular formula is C35H20N2O2. The van der Waals surface area contributed by atoms with Crippen molar-refractivity contribution in [2.24, 2.45) is 0 Å². The molecule has 182 valence electrons. The molecule has 0 fully saturated rings. The van der Waals surface area contributed by atoms with Gasteiger partial charge in [0.05, 0.1) is 17.9 Å². The van der Waals surface area contributed by atoms with Crippen LogP contribution in [-0.4, -0.2) is 0 Å². The second kappa shape index (κ2) is 8.24. The van der Waals surface area contributed by atoms with E-state index >= 15 is 0 Å². The van der Waals surface area contributed by atoms with Crippen molar-refractivity contribution >= 4 is 77.4 Å². The number of anilines is 3. The Hall–Kier alpha value is -5.53. The molecule has 0 aliphatic carbocycles. The fraction of sp³-hybridized carbons (Fsp3) is 0. The van der Waals surface area contributed by atoms with Crippen LogP contribution in [-0.2, 0) is 0 Å². The van der Waals surface area contributed by atoms with Crippen molar-refractivity contribution in [2.75, 3.05) is 4.90 Å². The molecule has 6 aromatic carbocycles. The van der Waals surface area contributed by atoms with Gasteiger partial charge in [-0.05, 0) is 53.2 Å². The van der Waals surface area contributed by atoms with Crippen LogP contribution in [0.15, 0.2) is 130 Å². The van der Waals surface area contributed by atoms with Gasteiger partial charge in [0.2, 0.25) is 0 Å². The average molecular weight is 501 g/mol. The number of para-hydroxylation sites is 2. The Bertz CT molecular complexity index is 2250. The summed E-state index contributed by atoms with van der Waals surface area (Å²) in [5, 5.41) is 6.72. The molecule has 0 aliphatic rings. The van der Waals surface area contributed by atoms with Crippen LogP contribution in [0.4, 0.5) is 22.7 Å². The summed E-state index contributed by atoms with van der Waals surface area (Å²) < 4.78 is 12.8. The lowest BCUT2D eigenvalue weighted by molar-refractivity contribution is 0.667. The van der Waals surface area contributed by atoms with Crippen molar-refractivity contribution in [1.82, 2.24) is 0 Å². The first-order valence-electron chi connectivity index (χ1n) is 12.8. The molecule has 0 radical (unpaired) electrons. The smallest absolute Gasteiger partial charge is 0.187 e. The third-order valence-corrected chi connectivity index (χ3v) is 7.46. The Morgan fingerprint density at radius 2 is 1.31 bits per heavy atom. The second-order valence-corrected chi connectivity index (χ2v) is 9.66. The van der Waals surface area contributed by atoms with Crippen LogP contribution in [0.25, 0.3) is 59.5 Å². The lowest BCUT2D eigenvalue weighted by atomic mass is 10.0. The maximum absolute atomic E-state index is 7.40. The van der Waals surface area contributed by atoms with Gasteiger partial charge in [-0.1, -0.05) is 72.8 Å². The molecule has 4 nitrogen and oxygen atoms in total. The molecule has 0 spiro atoms. The van der Waals surface area contributed by atoms with Crippen molar-refractivity contribution in [3.63, 3.8) is 0 Å². The number of hydrogen-bond acceptors (Lipinski definition) is 3. The van der Waals surface area contributed by atoms with Crippen LogP contribution >= 0.6 is 0 Å². The zero-order chi connectivity index (χ0) is 25.9. The van der Waals surface area contributed by atoms with E-state index in [1.54, 1.807) is 0 Å². The summed E-state index contributed by atoms with van der Waals surface area (Å²) in [5.74, 6) is 0. The third kappa shape index (κ3) is 3.24. The Balaban J connectivity index is 1.40. The van der Waals surface area contributed by atoms with Crippen LogP contribution < -0.4 is 4.90 Å². The van der Waals surface area contributed by atoms with E-state index in [0.29, 0.717) is 5.69 Å². The van der Waals surface area contributed by atoms with Crippen LogP contribution in [0, 0.1) is 6.57 Å². The number of hydrogen-bond donors (Lipinski definition) is 0. The first kappa shape index (κ1) is 21.5. The maximum atomic E-state index is 7.40. The molecule has 8 aromatic rings. The fourth-order valence-corrected chi connectivity index (χ4v) is 5.69. The molecule has 0 saturated heterocycles. The minimum absolute atomic E-state index is 0.597. The standard InChI is InChI=1S/C35H20N2O2/c1-36-23-14-16-24(17-15-23)37(30-11-6-10-28-27-9-4-5-12-31(27)39-35(28)30)25-18-19-29-33(21-25)38-32-20-13-22-7-2-3-8-26(22)34(29)32/h2-21H. The lowest BCUT2D eigenvalue weighted by Crippen LogP contribution is -2.10. The van der Waals surface area contributed by atoms with Gasteiger partial charge >= 0.3 is 0 Å². The van der Waals surface area contributed by atoms with Crippen molar-refractivity contribution in [1.29, 1.82) is 0 Å². The monoisotopic (exact) mass is 500 g/mol. The maximum Gasteiger partial charge on any atom is 0.187 e. The molecule has 0 atom stereocenters. The zero-order valence-electron chi connectivity index (χ0n) is 20.8. The largest absolute Gasteiger partial charge is 0.456 e. The normalized spacial score (nSPS) is 11.6. The Labute approximate surface area is 223 Å². The van der Waals surface area contributed by atoms with Crippen molar-refractivity contribution in [3.8, 4) is 0 Å². The SMILES string of the molecule is [C-]#[N+]c1ccc(N(c2ccc3c(c2)oc2ccc4ccccc4c23)c2cccc3c2oc2ccccc23)cc1. The number of rotatable bonds is 3. The van der Waals surface area contributed by atoms with Gasteiger partial charge in [-0.15, -0.1) is 0 Å². The number of nitrogens with zero attached hydrogens (tertiary/aromatic N) is 2. The highest BCUT2D eigenvalue weighted by Gasteiger charge is 2.20. The summed E-state index contributed by atoms with van der Waals surface area (Å²) in [4.78, 5) is 5.75. The molecule has 0 saturated carbocycles. The Morgan fingerprint density at radius 1 is 0.538 bits per heavy atom. The predicted molar refractivity (Wildman–Crippen MR) is 159 cm³/mol. The van der Waals surface area contributed by atoms with E-state index in [-0.39, 0.29) is 0 Å². The third-order valence-electron chi connectivity index (χ3n) is 7.46. The number of fused-ring (bicyclic) bond motifs is 8. The molecule has 2 heterocycles.